The third kappa shape index (κ3) is 4.05. The number of para-hydroxylation sites is 1. The maximum absolute atomic E-state index is 12.5. The fraction of sp³-hybridized carbons (Fsp3) is 0.368. The van der Waals surface area contributed by atoms with E-state index < -0.39 is 11.2 Å². The number of aryl methyl sites for hydroxylation is 1. The molecule has 1 saturated heterocycles. The molecule has 7 nitrogen and oxygen atoms in total. The van der Waals surface area contributed by atoms with E-state index in [9.17, 15) is 14.4 Å². The highest BCUT2D eigenvalue weighted by molar-refractivity contribution is 8.15. The van der Waals surface area contributed by atoms with Crippen molar-refractivity contribution < 1.29 is 19.5 Å². The number of imide groups is 1. The van der Waals surface area contributed by atoms with Crippen LogP contribution in [-0.2, 0) is 16.0 Å². The zero-order valence-corrected chi connectivity index (χ0v) is 16.0. The van der Waals surface area contributed by atoms with Gasteiger partial charge in [-0.1, -0.05) is 30.0 Å². The van der Waals surface area contributed by atoms with Gasteiger partial charge in [0.15, 0.2) is 0 Å². The molecule has 1 N–H and O–H groups in total. The van der Waals surface area contributed by atoms with Gasteiger partial charge in [0.1, 0.15) is 0 Å². The fourth-order valence-electron chi connectivity index (χ4n) is 3.11. The van der Waals surface area contributed by atoms with Crippen LogP contribution in [0.5, 0.6) is 0 Å². The summed E-state index contributed by atoms with van der Waals surface area (Å²) in [5.41, 5.74) is 3.94. The molecule has 142 valence electrons. The van der Waals surface area contributed by atoms with Crippen molar-refractivity contribution >= 4 is 28.9 Å². The molecule has 0 radical (unpaired) electrons. The van der Waals surface area contributed by atoms with Gasteiger partial charge in [-0.15, -0.1) is 0 Å². The van der Waals surface area contributed by atoms with Crippen LogP contribution >= 0.6 is 11.8 Å². The molecule has 0 saturated carbocycles. The van der Waals surface area contributed by atoms with E-state index in [1.54, 1.807) is 6.20 Å². The largest absolute Gasteiger partial charge is 0.481 e. The number of rotatable bonds is 7. The molecule has 1 aromatic heterocycles. The molecular formula is C19H21N3O4S. The Bertz CT molecular complexity index is 893. The molecule has 1 atom stereocenters. The van der Waals surface area contributed by atoms with Gasteiger partial charge < -0.3 is 5.11 Å². The minimum absolute atomic E-state index is 0.0608. The third-order valence-electron chi connectivity index (χ3n) is 4.64. The van der Waals surface area contributed by atoms with Gasteiger partial charge >= 0.3 is 5.97 Å². The van der Waals surface area contributed by atoms with Gasteiger partial charge in [-0.3, -0.25) is 19.3 Å². The van der Waals surface area contributed by atoms with Crippen LogP contribution in [0.3, 0.4) is 0 Å². The topological polar surface area (TPSA) is 92.5 Å². The Balaban J connectivity index is 1.71. The zero-order valence-electron chi connectivity index (χ0n) is 15.2. The van der Waals surface area contributed by atoms with E-state index in [0.29, 0.717) is 6.42 Å². The zero-order chi connectivity index (χ0) is 19.6. The molecule has 1 aliphatic rings. The number of carbonyl (C=O) groups is 3. The summed E-state index contributed by atoms with van der Waals surface area (Å²) in [6, 6.07) is 7.92. The normalized spacial score (nSPS) is 17.0. The van der Waals surface area contributed by atoms with Crippen LogP contribution in [0.1, 0.15) is 29.7 Å². The van der Waals surface area contributed by atoms with Crippen LogP contribution in [-0.4, -0.2) is 48.7 Å². The van der Waals surface area contributed by atoms with Gasteiger partial charge in [0, 0.05) is 18.7 Å². The lowest BCUT2D eigenvalue weighted by molar-refractivity contribution is -0.137. The van der Waals surface area contributed by atoms with Crippen LogP contribution in [0.15, 0.2) is 30.5 Å². The highest BCUT2D eigenvalue weighted by atomic mass is 32.2. The molecule has 1 fully saturated rings. The van der Waals surface area contributed by atoms with E-state index in [2.05, 4.69) is 5.10 Å². The number of carboxylic acid groups (broad SMARTS) is 1. The first-order valence-corrected chi connectivity index (χ1v) is 9.59. The predicted octanol–water partition coefficient (Wildman–Crippen LogP) is 2.96. The molecule has 1 unspecified atom stereocenters. The third-order valence-corrected chi connectivity index (χ3v) is 5.71. The van der Waals surface area contributed by atoms with Crippen molar-refractivity contribution in [3.63, 3.8) is 0 Å². The summed E-state index contributed by atoms with van der Waals surface area (Å²) in [7, 11) is 0. The first-order valence-electron chi connectivity index (χ1n) is 8.71. The van der Waals surface area contributed by atoms with E-state index in [-0.39, 0.29) is 30.5 Å². The van der Waals surface area contributed by atoms with Crippen molar-refractivity contribution in [1.29, 1.82) is 0 Å². The Kier molecular flexibility index (Phi) is 5.65. The Hall–Kier alpha value is -2.61. The molecule has 0 spiro atoms. The highest BCUT2D eigenvalue weighted by Crippen LogP contribution is 2.31. The molecule has 0 aliphatic carbocycles. The van der Waals surface area contributed by atoms with Crippen molar-refractivity contribution in [1.82, 2.24) is 14.7 Å². The number of carboxylic acids is 1. The van der Waals surface area contributed by atoms with Crippen molar-refractivity contribution in [2.75, 3.05) is 6.54 Å². The van der Waals surface area contributed by atoms with Gasteiger partial charge in [-0.2, -0.15) is 5.10 Å². The summed E-state index contributed by atoms with van der Waals surface area (Å²) < 4.78 is 1.85. The quantitative estimate of drug-likeness (QED) is 0.785. The van der Waals surface area contributed by atoms with Crippen LogP contribution in [0.25, 0.3) is 5.69 Å². The van der Waals surface area contributed by atoms with Gasteiger partial charge in [-0.25, -0.2) is 4.68 Å². The second-order valence-corrected chi connectivity index (χ2v) is 7.67. The number of aliphatic carboxylic acids is 1. The summed E-state index contributed by atoms with van der Waals surface area (Å²) in [6.07, 6.45) is 2.37. The Morgan fingerprint density at radius 2 is 2.00 bits per heavy atom. The number of aromatic nitrogens is 2. The molecule has 2 aromatic rings. The minimum atomic E-state index is -0.933. The molecule has 1 aromatic carbocycles. The Labute approximate surface area is 161 Å². The molecular weight excluding hydrogens is 366 g/mol. The Morgan fingerprint density at radius 3 is 2.70 bits per heavy atom. The number of nitrogens with zero attached hydrogens (tertiary/aromatic N) is 3. The van der Waals surface area contributed by atoms with Crippen LogP contribution in [0.2, 0.25) is 0 Å². The van der Waals surface area contributed by atoms with E-state index in [1.165, 1.54) is 4.90 Å². The van der Waals surface area contributed by atoms with Crippen LogP contribution < -0.4 is 0 Å². The number of hydrogen-bond donors (Lipinski definition) is 1. The molecule has 27 heavy (non-hydrogen) atoms. The smallest absolute Gasteiger partial charge is 0.303 e. The van der Waals surface area contributed by atoms with E-state index in [0.717, 1.165) is 34.3 Å². The lowest BCUT2D eigenvalue weighted by atomic mass is 10.1. The summed E-state index contributed by atoms with van der Waals surface area (Å²) in [4.78, 5) is 36.5. The predicted molar refractivity (Wildman–Crippen MR) is 102 cm³/mol. The number of amides is 2. The second kappa shape index (κ2) is 7.96. The second-order valence-electron chi connectivity index (χ2n) is 6.52. The van der Waals surface area contributed by atoms with Gasteiger partial charge in [-0.05, 0) is 43.9 Å². The molecule has 2 heterocycles. The van der Waals surface area contributed by atoms with Crippen LogP contribution in [0, 0.1) is 13.8 Å². The van der Waals surface area contributed by atoms with Crippen LogP contribution in [0.4, 0.5) is 4.79 Å². The fourth-order valence-corrected chi connectivity index (χ4v) is 4.15. The molecule has 2 amide bonds. The standard InChI is InChI=1S/C19H21N3O4S/c1-12-6-3-4-7-15(12)22-13(2)14(11-20-22)10-16-18(25)21(19(26)27-16)9-5-8-17(23)24/h3-4,6-7,11,16H,5,8-10H2,1-2H3,(H,23,24). The van der Waals surface area contributed by atoms with E-state index >= 15 is 0 Å². The summed E-state index contributed by atoms with van der Waals surface area (Å²) in [5.74, 6) is -1.18. The summed E-state index contributed by atoms with van der Waals surface area (Å²) in [5, 5.41) is 12.4. The average molecular weight is 387 g/mol. The van der Waals surface area contributed by atoms with Crippen molar-refractivity contribution in [3.05, 3.63) is 47.3 Å². The molecule has 8 heteroatoms. The van der Waals surface area contributed by atoms with E-state index in [1.807, 2.05) is 42.8 Å². The Morgan fingerprint density at radius 1 is 1.26 bits per heavy atom. The molecule has 1 aliphatic heterocycles. The highest BCUT2D eigenvalue weighted by Gasteiger charge is 2.39. The first kappa shape index (κ1) is 19.2. The number of benzene rings is 1. The monoisotopic (exact) mass is 387 g/mol. The maximum atomic E-state index is 12.5. The van der Waals surface area contributed by atoms with Crippen molar-refractivity contribution in [3.8, 4) is 5.69 Å². The SMILES string of the molecule is Cc1ccccc1-n1ncc(CC2SC(=O)N(CCCC(=O)O)C2=O)c1C. The summed E-state index contributed by atoms with van der Waals surface area (Å²) in [6.45, 7) is 4.11. The first-order chi connectivity index (χ1) is 12.9. The van der Waals surface area contributed by atoms with Crippen molar-refractivity contribution in [2.24, 2.45) is 0 Å². The number of thioether (sulfide) groups is 1. The van der Waals surface area contributed by atoms with Gasteiger partial charge in [0.05, 0.1) is 17.1 Å². The van der Waals surface area contributed by atoms with Gasteiger partial charge in [0.25, 0.3) is 5.24 Å². The minimum Gasteiger partial charge on any atom is -0.481 e. The lowest BCUT2D eigenvalue weighted by Gasteiger charge is -2.13. The van der Waals surface area contributed by atoms with E-state index in [4.69, 9.17) is 5.11 Å². The average Bonchev–Trinajstić information content (AvgIpc) is 3.10. The molecule has 3 rings (SSSR count). The van der Waals surface area contributed by atoms with Gasteiger partial charge in [0.2, 0.25) is 5.91 Å². The number of carbonyl (C=O) groups excluding carboxylic acids is 2. The molecule has 0 bridgehead atoms. The maximum Gasteiger partial charge on any atom is 0.303 e. The van der Waals surface area contributed by atoms with Crippen molar-refractivity contribution in [2.45, 2.75) is 38.4 Å². The summed E-state index contributed by atoms with van der Waals surface area (Å²) >= 11 is 1.01. The number of hydrogen-bond acceptors (Lipinski definition) is 5. The lowest BCUT2D eigenvalue weighted by Crippen LogP contribution is -2.33.